The lowest BCUT2D eigenvalue weighted by Gasteiger charge is -2.22. The highest BCUT2D eigenvalue weighted by atomic mass is 35.5. The van der Waals surface area contributed by atoms with Gasteiger partial charge in [0.2, 0.25) is 0 Å². The van der Waals surface area contributed by atoms with Gasteiger partial charge in [-0.3, -0.25) is 9.69 Å². The number of carbonyl (C=O) groups is 1. The van der Waals surface area contributed by atoms with Crippen molar-refractivity contribution in [2.45, 2.75) is 6.54 Å². The van der Waals surface area contributed by atoms with Crippen LogP contribution in [0.2, 0.25) is 5.02 Å². The summed E-state index contributed by atoms with van der Waals surface area (Å²) in [7, 11) is 1.62. The Labute approximate surface area is 163 Å². The van der Waals surface area contributed by atoms with Crippen LogP contribution in [0.3, 0.4) is 0 Å². The minimum atomic E-state index is -0.218. The van der Waals surface area contributed by atoms with Crippen LogP contribution in [0, 0.1) is 0 Å². The summed E-state index contributed by atoms with van der Waals surface area (Å²) >= 11 is 6.09. The zero-order chi connectivity index (χ0) is 19.1. The molecule has 27 heavy (non-hydrogen) atoms. The van der Waals surface area contributed by atoms with Crippen LogP contribution < -0.4 is 14.4 Å². The number of benzene rings is 2. The number of carbonyl (C=O) groups excluding carboxylic acids is 1. The van der Waals surface area contributed by atoms with Crippen LogP contribution in [0.1, 0.15) is 5.56 Å². The number of nitrogens with zero attached hydrogens (tertiary/aromatic N) is 2. The first-order valence-corrected chi connectivity index (χ1v) is 8.77. The molecule has 0 radical (unpaired) electrons. The van der Waals surface area contributed by atoms with Crippen molar-refractivity contribution in [3.63, 3.8) is 0 Å². The molecular weight excluding hydrogens is 364 g/mol. The van der Waals surface area contributed by atoms with Gasteiger partial charge < -0.3 is 9.47 Å². The molecular formula is C21H19ClN2O3. The second-order valence-corrected chi connectivity index (χ2v) is 6.14. The molecule has 0 aliphatic rings. The van der Waals surface area contributed by atoms with E-state index in [1.807, 2.05) is 30.3 Å². The monoisotopic (exact) mass is 382 g/mol. The van der Waals surface area contributed by atoms with Crippen LogP contribution in [0.4, 0.5) is 5.82 Å². The van der Waals surface area contributed by atoms with Gasteiger partial charge in [-0.05, 0) is 42.0 Å². The van der Waals surface area contributed by atoms with Crippen molar-refractivity contribution < 1.29 is 14.3 Å². The van der Waals surface area contributed by atoms with Crippen molar-refractivity contribution in [1.29, 1.82) is 0 Å². The molecule has 0 aliphatic heterocycles. The third kappa shape index (κ3) is 4.99. The number of para-hydroxylation sites is 1. The van der Waals surface area contributed by atoms with Crippen LogP contribution in [-0.2, 0) is 11.3 Å². The van der Waals surface area contributed by atoms with Gasteiger partial charge in [-0.1, -0.05) is 41.9 Å². The molecule has 138 valence electrons. The topological polar surface area (TPSA) is 51.7 Å². The van der Waals surface area contributed by atoms with E-state index < -0.39 is 0 Å². The normalized spacial score (nSPS) is 10.3. The summed E-state index contributed by atoms with van der Waals surface area (Å²) in [6.07, 6.45) is 1.65. The van der Waals surface area contributed by atoms with E-state index >= 15 is 0 Å². The van der Waals surface area contributed by atoms with Gasteiger partial charge >= 0.3 is 0 Å². The Morgan fingerprint density at radius 3 is 2.44 bits per heavy atom. The Morgan fingerprint density at radius 1 is 1.04 bits per heavy atom. The number of hydrogen-bond acceptors (Lipinski definition) is 4. The SMILES string of the molecule is COc1ccc(CN(C(=O)COc2ccccc2Cl)c2ccccn2)cc1. The van der Waals surface area contributed by atoms with Gasteiger partial charge in [0, 0.05) is 6.20 Å². The van der Waals surface area contributed by atoms with Crippen LogP contribution in [0.5, 0.6) is 11.5 Å². The van der Waals surface area contributed by atoms with Gasteiger partial charge in [-0.2, -0.15) is 0 Å². The average Bonchev–Trinajstić information content (AvgIpc) is 2.72. The molecule has 0 saturated carbocycles. The maximum atomic E-state index is 12.8. The summed E-state index contributed by atoms with van der Waals surface area (Å²) in [5, 5.41) is 0.463. The number of pyridine rings is 1. The molecule has 0 aliphatic carbocycles. The van der Waals surface area contributed by atoms with Crippen LogP contribution in [0.15, 0.2) is 72.9 Å². The Morgan fingerprint density at radius 2 is 1.78 bits per heavy atom. The number of ether oxygens (including phenoxy) is 2. The lowest BCUT2D eigenvalue weighted by atomic mass is 10.2. The summed E-state index contributed by atoms with van der Waals surface area (Å²) in [6.45, 7) is 0.224. The lowest BCUT2D eigenvalue weighted by molar-refractivity contribution is -0.120. The Hall–Kier alpha value is -3.05. The summed E-state index contributed by atoms with van der Waals surface area (Å²) in [5.41, 5.74) is 0.951. The summed E-state index contributed by atoms with van der Waals surface area (Å²) in [5.74, 6) is 1.57. The zero-order valence-corrected chi connectivity index (χ0v) is 15.6. The first kappa shape index (κ1) is 18.7. The Bertz CT molecular complexity index is 885. The van der Waals surface area contributed by atoms with Gasteiger partial charge in [-0.25, -0.2) is 4.98 Å². The number of rotatable bonds is 7. The van der Waals surface area contributed by atoms with Gasteiger partial charge in [0.1, 0.15) is 17.3 Å². The highest BCUT2D eigenvalue weighted by molar-refractivity contribution is 6.32. The molecule has 0 spiro atoms. The van der Waals surface area contributed by atoms with Crippen molar-refractivity contribution in [3.05, 3.63) is 83.5 Å². The molecule has 3 aromatic rings. The number of amides is 1. The van der Waals surface area contributed by atoms with Crippen molar-refractivity contribution in [2.75, 3.05) is 18.6 Å². The summed E-state index contributed by atoms with van der Waals surface area (Å²) in [4.78, 5) is 18.7. The third-order valence-corrected chi connectivity index (χ3v) is 4.23. The molecule has 1 amide bonds. The molecule has 3 rings (SSSR count). The van der Waals surface area contributed by atoms with Gasteiger partial charge in [0.25, 0.3) is 5.91 Å². The number of aromatic nitrogens is 1. The highest BCUT2D eigenvalue weighted by Crippen LogP contribution is 2.23. The van der Waals surface area contributed by atoms with E-state index in [1.165, 1.54) is 0 Å². The largest absolute Gasteiger partial charge is 0.497 e. The molecule has 2 aromatic carbocycles. The minimum absolute atomic E-state index is 0.142. The van der Waals surface area contributed by atoms with Gasteiger partial charge in [-0.15, -0.1) is 0 Å². The fourth-order valence-corrected chi connectivity index (χ4v) is 2.69. The van der Waals surface area contributed by atoms with Crippen LogP contribution >= 0.6 is 11.6 Å². The van der Waals surface area contributed by atoms with Crippen LogP contribution in [-0.4, -0.2) is 24.6 Å². The molecule has 0 N–H and O–H groups in total. The molecule has 0 atom stereocenters. The fourth-order valence-electron chi connectivity index (χ4n) is 2.50. The van der Waals surface area contributed by atoms with E-state index in [9.17, 15) is 4.79 Å². The van der Waals surface area contributed by atoms with Gasteiger partial charge in [0.15, 0.2) is 6.61 Å². The zero-order valence-electron chi connectivity index (χ0n) is 14.8. The lowest BCUT2D eigenvalue weighted by Crippen LogP contribution is -2.35. The number of anilines is 1. The van der Waals surface area contributed by atoms with Crippen molar-refractivity contribution >= 4 is 23.3 Å². The van der Waals surface area contributed by atoms with Gasteiger partial charge in [0.05, 0.1) is 18.7 Å². The molecule has 0 bridgehead atoms. The van der Waals surface area contributed by atoms with Crippen LogP contribution in [0.25, 0.3) is 0 Å². The van der Waals surface area contributed by atoms with E-state index in [4.69, 9.17) is 21.1 Å². The first-order valence-electron chi connectivity index (χ1n) is 8.39. The molecule has 0 saturated heterocycles. The molecule has 1 aromatic heterocycles. The maximum Gasteiger partial charge on any atom is 0.266 e. The predicted molar refractivity (Wildman–Crippen MR) is 105 cm³/mol. The summed E-state index contributed by atoms with van der Waals surface area (Å²) in [6, 6.07) is 20.0. The number of halogens is 1. The quantitative estimate of drug-likeness (QED) is 0.609. The molecule has 0 fully saturated rings. The number of methoxy groups -OCH3 is 1. The van der Waals surface area contributed by atoms with Crippen molar-refractivity contribution in [1.82, 2.24) is 4.98 Å². The average molecular weight is 383 g/mol. The highest BCUT2D eigenvalue weighted by Gasteiger charge is 2.18. The third-order valence-electron chi connectivity index (χ3n) is 3.91. The minimum Gasteiger partial charge on any atom is -0.497 e. The second-order valence-electron chi connectivity index (χ2n) is 5.73. The van der Waals surface area contributed by atoms with E-state index in [0.29, 0.717) is 23.1 Å². The Kier molecular flexibility index (Phi) is 6.28. The van der Waals surface area contributed by atoms with E-state index in [2.05, 4.69) is 4.98 Å². The molecule has 0 unspecified atom stereocenters. The predicted octanol–water partition coefficient (Wildman–Crippen LogP) is 4.36. The fraction of sp³-hybridized carbons (Fsp3) is 0.143. The molecule has 5 nitrogen and oxygen atoms in total. The Balaban J connectivity index is 1.76. The molecule has 1 heterocycles. The van der Waals surface area contributed by atoms with E-state index in [1.54, 1.807) is 54.6 Å². The van der Waals surface area contributed by atoms with E-state index in [-0.39, 0.29) is 12.5 Å². The maximum absolute atomic E-state index is 12.8. The summed E-state index contributed by atoms with van der Waals surface area (Å²) < 4.78 is 10.8. The van der Waals surface area contributed by atoms with Crippen molar-refractivity contribution in [2.24, 2.45) is 0 Å². The molecule has 6 heteroatoms. The smallest absolute Gasteiger partial charge is 0.266 e. The van der Waals surface area contributed by atoms with Crippen molar-refractivity contribution in [3.8, 4) is 11.5 Å². The van der Waals surface area contributed by atoms with E-state index in [0.717, 1.165) is 11.3 Å². The number of hydrogen-bond donors (Lipinski definition) is 0. The first-order chi connectivity index (χ1) is 13.2. The standard InChI is InChI=1S/C21H19ClN2O3/c1-26-17-11-9-16(10-12-17)14-24(20-8-4-5-13-23-20)21(25)15-27-19-7-3-2-6-18(19)22/h2-13H,14-15H2,1H3. The second kappa shape index (κ2) is 9.05.